The number of hydrogen-bond donors (Lipinski definition) is 1. The molecule has 206 valence electrons. The van der Waals surface area contributed by atoms with E-state index in [9.17, 15) is 4.79 Å². The Bertz CT molecular complexity index is 1100. The van der Waals surface area contributed by atoms with Crippen molar-refractivity contribution in [2.45, 2.75) is 72.0 Å². The summed E-state index contributed by atoms with van der Waals surface area (Å²) in [5.74, 6) is 0.506. The second kappa shape index (κ2) is 12.8. The lowest BCUT2D eigenvalue weighted by Gasteiger charge is -2.42. The Kier molecular flexibility index (Phi) is 9.66. The van der Waals surface area contributed by atoms with E-state index < -0.39 is 0 Å². The van der Waals surface area contributed by atoms with Gasteiger partial charge in [-0.15, -0.1) is 0 Å². The van der Waals surface area contributed by atoms with E-state index in [0.29, 0.717) is 47.0 Å². The van der Waals surface area contributed by atoms with Gasteiger partial charge in [0.15, 0.2) is 5.11 Å². The number of carbonyl (C=O) groups is 1. The minimum Gasteiger partial charge on any atom is -0.352 e. The molecule has 6 nitrogen and oxygen atoms in total. The molecule has 1 amide bonds. The molecule has 2 aliphatic rings. The van der Waals surface area contributed by atoms with E-state index >= 15 is 0 Å². The molecule has 2 aromatic rings. The van der Waals surface area contributed by atoms with Crippen molar-refractivity contribution in [1.82, 2.24) is 25.0 Å². The number of aromatic nitrogens is 1. The van der Waals surface area contributed by atoms with Gasteiger partial charge in [0.1, 0.15) is 5.15 Å². The Hall–Kier alpha value is -2.22. The monoisotopic (exact) mass is 555 g/mol. The summed E-state index contributed by atoms with van der Waals surface area (Å²) in [6.45, 7) is 15.2. The molecule has 2 atom stereocenters. The van der Waals surface area contributed by atoms with Crippen molar-refractivity contribution in [2.24, 2.45) is 5.92 Å². The van der Waals surface area contributed by atoms with Crippen LogP contribution in [0.5, 0.6) is 0 Å². The van der Waals surface area contributed by atoms with Gasteiger partial charge in [0.25, 0.3) is 5.91 Å². The van der Waals surface area contributed by atoms with Crippen LogP contribution in [0.25, 0.3) is 0 Å². The molecule has 0 bridgehead atoms. The summed E-state index contributed by atoms with van der Waals surface area (Å²) in [5.41, 5.74) is 3.51. The third-order valence-corrected chi connectivity index (χ3v) is 8.61. The van der Waals surface area contributed by atoms with E-state index in [4.69, 9.17) is 23.8 Å². The molecule has 2 saturated heterocycles. The topological polar surface area (TPSA) is 51.7 Å². The Morgan fingerprint density at radius 3 is 2.47 bits per heavy atom. The SMILES string of the molecule is Cc1cc(Cl)nc(C)c1C(=O)NCCC(C)N1CCC(N2C(=S)N(CC(C)C)C[C@H]2c2ccccc2)CC1. The molecule has 0 saturated carbocycles. The minimum atomic E-state index is -0.0736. The van der Waals surface area contributed by atoms with Crippen LogP contribution < -0.4 is 5.32 Å². The Morgan fingerprint density at radius 2 is 1.84 bits per heavy atom. The molecule has 1 aromatic carbocycles. The van der Waals surface area contributed by atoms with Crippen molar-refractivity contribution in [3.05, 3.63) is 63.9 Å². The van der Waals surface area contributed by atoms with Gasteiger partial charge in [0.2, 0.25) is 0 Å². The molecular weight excluding hydrogens is 514 g/mol. The minimum absolute atomic E-state index is 0.0736. The van der Waals surface area contributed by atoms with E-state index in [0.717, 1.165) is 56.1 Å². The Morgan fingerprint density at radius 1 is 1.16 bits per heavy atom. The number of nitrogens with one attached hydrogen (secondary N) is 1. The van der Waals surface area contributed by atoms with Gasteiger partial charge < -0.3 is 20.0 Å². The highest BCUT2D eigenvalue weighted by molar-refractivity contribution is 7.80. The number of pyridine rings is 1. The van der Waals surface area contributed by atoms with Gasteiger partial charge in [0.05, 0.1) is 17.3 Å². The van der Waals surface area contributed by atoms with E-state index in [1.807, 2.05) is 13.8 Å². The summed E-state index contributed by atoms with van der Waals surface area (Å²) >= 11 is 12.1. The van der Waals surface area contributed by atoms with Crippen molar-refractivity contribution < 1.29 is 4.79 Å². The van der Waals surface area contributed by atoms with Gasteiger partial charge in [-0.3, -0.25) is 4.79 Å². The molecule has 2 aliphatic heterocycles. The first-order valence-corrected chi connectivity index (χ1v) is 14.7. The fraction of sp³-hybridized carbons (Fsp3) is 0.567. The summed E-state index contributed by atoms with van der Waals surface area (Å²) in [6, 6.07) is 13.8. The summed E-state index contributed by atoms with van der Waals surface area (Å²) < 4.78 is 0. The third kappa shape index (κ3) is 6.67. The van der Waals surface area contributed by atoms with E-state index in [2.05, 4.69) is 76.1 Å². The van der Waals surface area contributed by atoms with Crippen molar-refractivity contribution in [2.75, 3.05) is 32.7 Å². The van der Waals surface area contributed by atoms with Crippen molar-refractivity contribution in [3.8, 4) is 0 Å². The van der Waals surface area contributed by atoms with Crippen LogP contribution in [0.1, 0.15) is 73.3 Å². The molecule has 4 rings (SSSR count). The van der Waals surface area contributed by atoms with Crippen LogP contribution in [0.3, 0.4) is 0 Å². The highest BCUT2D eigenvalue weighted by atomic mass is 35.5. The summed E-state index contributed by atoms with van der Waals surface area (Å²) in [6.07, 6.45) is 3.11. The number of nitrogens with zero attached hydrogens (tertiary/aromatic N) is 4. The number of carbonyl (C=O) groups excluding carboxylic acids is 1. The van der Waals surface area contributed by atoms with E-state index in [1.54, 1.807) is 6.07 Å². The zero-order chi connectivity index (χ0) is 27.4. The lowest BCUT2D eigenvalue weighted by molar-refractivity contribution is 0.0930. The molecule has 0 radical (unpaired) electrons. The van der Waals surface area contributed by atoms with Gasteiger partial charge in [-0.25, -0.2) is 4.98 Å². The maximum Gasteiger partial charge on any atom is 0.253 e. The number of piperidine rings is 1. The largest absolute Gasteiger partial charge is 0.352 e. The second-order valence-corrected chi connectivity index (χ2v) is 12.1. The van der Waals surface area contributed by atoms with Crippen LogP contribution in [0.4, 0.5) is 0 Å². The zero-order valence-electron chi connectivity index (χ0n) is 23.4. The predicted molar refractivity (Wildman–Crippen MR) is 160 cm³/mol. The number of likely N-dealkylation sites (tertiary alicyclic amines) is 1. The van der Waals surface area contributed by atoms with Gasteiger partial charge in [-0.2, -0.15) is 0 Å². The van der Waals surface area contributed by atoms with Crippen molar-refractivity contribution in [1.29, 1.82) is 0 Å². The fourth-order valence-electron chi connectivity index (χ4n) is 6.01. The fourth-order valence-corrected chi connectivity index (χ4v) is 6.73. The smallest absolute Gasteiger partial charge is 0.253 e. The lowest BCUT2D eigenvalue weighted by atomic mass is 9.98. The van der Waals surface area contributed by atoms with Crippen LogP contribution in [-0.4, -0.2) is 75.5 Å². The highest BCUT2D eigenvalue weighted by Crippen LogP contribution is 2.35. The van der Waals surface area contributed by atoms with Crippen LogP contribution in [0.2, 0.25) is 5.15 Å². The maximum absolute atomic E-state index is 12.8. The Balaban J connectivity index is 1.31. The quantitative estimate of drug-likeness (QED) is 0.320. The number of thiocarbonyl (C=S) groups is 1. The van der Waals surface area contributed by atoms with E-state index in [-0.39, 0.29) is 5.91 Å². The summed E-state index contributed by atoms with van der Waals surface area (Å²) in [5, 5.41) is 4.53. The molecule has 3 heterocycles. The number of benzene rings is 1. The molecule has 8 heteroatoms. The van der Waals surface area contributed by atoms with Gasteiger partial charge in [-0.05, 0) is 75.4 Å². The molecule has 1 aromatic heterocycles. The number of amides is 1. The Labute approximate surface area is 238 Å². The second-order valence-electron chi connectivity index (χ2n) is 11.3. The summed E-state index contributed by atoms with van der Waals surface area (Å²) in [7, 11) is 0. The first-order valence-electron chi connectivity index (χ1n) is 13.9. The van der Waals surface area contributed by atoms with Gasteiger partial charge in [-0.1, -0.05) is 55.8 Å². The average molecular weight is 556 g/mol. The number of halogens is 1. The molecular formula is C30H42ClN5OS. The molecule has 38 heavy (non-hydrogen) atoms. The van der Waals surface area contributed by atoms with Gasteiger partial charge >= 0.3 is 0 Å². The van der Waals surface area contributed by atoms with Crippen LogP contribution >= 0.6 is 23.8 Å². The first-order chi connectivity index (χ1) is 18.2. The number of rotatable bonds is 9. The first kappa shape index (κ1) is 28.8. The maximum atomic E-state index is 12.8. The van der Waals surface area contributed by atoms with Crippen molar-refractivity contribution >= 4 is 34.8 Å². The third-order valence-electron chi connectivity index (χ3n) is 7.95. The standard InChI is InChI=1S/C30H42ClN5OS/c1-20(2)18-35-19-26(24-9-7-6-8-10-24)36(30(35)38)25-12-15-34(16-13-25)22(4)11-14-32-29(37)28-21(3)17-27(31)33-23(28)5/h6-10,17,20,22,25-26H,11-16,18-19H2,1-5H3,(H,32,37)/t22?,26-/m0/s1. The van der Waals surface area contributed by atoms with E-state index in [1.165, 1.54) is 5.56 Å². The van der Waals surface area contributed by atoms with Crippen molar-refractivity contribution in [3.63, 3.8) is 0 Å². The number of hydrogen-bond acceptors (Lipinski definition) is 4. The molecule has 1 N–H and O–H groups in total. The molecule has 1 unspecified atom stereocenters. The van der Waals surface area contributed by atoms with Crippen LogP contribution in [-0.2, 0) is 0 Å². The zero-order valence-corrected chi connectivity index (χ0v) is 25.0. The van der Waals surface area contributed by atoms with Crippen LogP contribution in [0, 0.1) is 19.8 Å². The normalized spacial score (nSPS) is 19.9. The molecule has 2 fully saturated rings. The van der Waals surface area contributed by atoms with Gasteiger partial charge in [0, 0.05) is 44.8 Å². The number of aryl methyl sites for hydroxylation is 2. The average Bonchev–Trinajstić information content (AvgIpc) is 3.19. The molecule has 0 spiro atoms. The molecule has 0 aliphatic carbocycles. The lowest BCUT2D eigenvalue weighted by Crippen LogP contribution is -2.49. The predicted octanol–water partition coefficient (Wildman–Crippen LogP) is 5.62. The van der Waals surface area contributed by atoms with Crippen LogP contribution in [0.15, 0.2) is 36.4 Å². The highest BCUT2D eigenvalue weighted by Gasteiger charge is 2.40. The summed E-state index contributed by atoms with van der Waals surface area (Å²) in [4.78, 5) is 24.5.